The third-order valence-corrected chi connectivity index (χ3v) is 4.83. The number of esters is 2. The molecule has 0 bridgehead atoms. The first kappa shape index (κ1) is 32.8. The van der Waals surface area contributed by atoms with Crippen LogP contribution < -0.4 is 0 Å². The first-order valence-corrected chi connectivity index (χ1v) is 13.4. The van der Waals surface area contributed by atoms with Gasteiger partial charge < -0.3 is 9.47 Å². The molecule has 1 aromatic rings. The van der Waals surface area contributed by atoms with Crippen molar-refractivity contribution in [3.05, 3.63) is 35.4 Å². The SMILES string of the molecule is CCCCCCCCOC(=O)c1ccccc1C(=O)OCCCCCCCC.ClBr.[Ag+]. The van der Waals surface area contributed by atoms with Gasteiger partial charge in [0.25, 0.3) is 0 Å². The summed E-state index contributed by atoms with van der Waals surface area (Å²) in [6.45, 7) is 5.17. The van der Waals surface area contributed by atoms with Gasteiger partial charge >= 0.3 is 34.3 Å². The Kier molecular flexibility index (Phi) is 25.8. The first-order valence-electron chi connectivity index (χ1n) is 11.3. The molecule has 0 unspecified atom stereocenters. The maximum atomic E-state index is 12.4. The molecular weight excluding hydrogens is 575 g/mol. The van der Waals surface area contributed by atoms with Gasteiger partial charge in [0.1, 0.15) is 0 Å². The number of halogens is 2. The molecule has 0 fully saturated rings. The summed E-state index contributed by atoms with van der Waals surface area (Å²) in [6.07, 6.45) is 13.6. The molecule has 0 atom stereocenters. The van der Waals surface area contributed by atoms with Crippen LogP contribution in [0.5, 0.6) is 0 Å². The Morgan fingerprint density at radius 1 is 0.677 bits per heavy atom. The zero-order chi connectivity index (χ0) is 22.5. The number of rotatable bonds is 16. The minimum absolute atomic E-state index is 0. The van der Waals surface area contributed by atoms with E-state index in [9.17, 15) is 9.59 Å². The molecule has 7 heteroatoms. The van der Waals surface area contributed by atoms with E-state index >= 15 is 0 Å². The molecule has 31 heavy (non-hydrogen) atoms. The fourth-order valence-electron chi connectivity index (χ4n) is 3.09. The molecule has 0 radical (unpaired) electrons. The Labute approximate surface area is 217 Å². The maximum Gasteiger partial charge on any atom is 1.00 e. The van der Waals surface area contributed by atoms with Gasteiger partial charge in [0.2, 0.25) is 0 Å². The number of ether oxygens (including phenoxy) is 2. The molecule has 0 aliphatic carbocycles. The van der Waals surface area contributed by atoms with Crippen LogP contribution >= 0.6 is 25.1 Å². The Balaban J connectivity index is 0. The van der Waals surface area contributed by atoms with Crippen LogP contribution in [-0.4, -0.2) is 25.2 Å². The molecule has 0 aromatic heterocycles. The Hall–Kier alpha value is -0.330. The molecule has 4 nitrogen and oxygen atoms in total. The third kappa shape index (κ3) is 16.9. The summed E-state index contributed by atoms with van der Waals surface area (Å²) in [5, 5.41) is 0. The van der Waals surface area contributed by atoms with Gasteiger partial charge in [-0.15, -0.1) is 0 Å². The monoisotopic (exact) mass is 611 g/mol. The van der Waals surface area contributed by atoms with E-state index in [4.69, 9.17) is 9.47 Å². The predicted molar refractivity (Wildman–Crippen MR) is 129 cm³/mol. The van der Waals surface area contributed by atoms with Crippen molar-refractivity contribution in [1.82, 2.24) is 0 Å². The van der Waals surface area contributed by atoms with Crippen molar-refractivity contribution in [2.75, 3.05) is 13.2 Å². The molecule has 0 N–H and O–H groups in total. The molecule has 0 aliphatic heterocycles. The standard InChI is InChI=1S/C24H38O4.Ag.BrCl/c1-3-5-7-9-11-15-19-27-23(25)21-17-13-14-18-22(21)24(26)28-20-16-12-10-8-6-4-2;;1-2/h13-14,17-18H,3-12,15-16,19-20H2,1-2H3;;/q;+1;. The van der Waals surface area contributed by atoms with Crippen LogP contribution in [0.25, 0.3) is 0 Å². The van der Waals surface area contributed by atoms with Crippen molar-refractivity contribution in [2.24, 2.45) is 0 Å². The van der Waals surface area contributed by atoms with Crippen LogP contribution in [0, 0.1) is 0 Å². The van der Waals surface area contributed by atoms with Gasteiger partial charge in [0.15, 0.2) is 0 Å². The second kappa shape index (κ2) is 24.3. The smallest absolute Gasteiger partial charge is 0.462 e. The van der Waals surface area contributed by atoms with E-state index in [1.165, 1.54) is 51.4 Å². The normalized spacial score (nSPS) is 9.81. The molecule has 0 saturated heterocycles. The maximum absolute atomic E-state index is 12.4. The van der Waals surface area contributed by atoms with Crippen LogP contribution in [0.4, 0.5) is 0 Å². The summed E-state index contributed by atoms with van der Waals surface area (Å²) in [7, 11) is 4.45. The average molecular weight is 614 g/mol. The van der Waals surface area contributed by atoms with Crippen LogP contribution in [-0.2, 0) is 31.9 Å². The van der Waals surface area contributed by atoms with Crippen molar-refractivity contribution in [2.45, 2.75) is 90.9 Å². The number of hydrogen-bond acceptors (Lipinski definition) is 4. The van der Waals surface area contributed by atoms with E-state index in [1.807, 2.05) is 0 Å². The summed E-state index contributed by atoms with van der Waals surface area (Å²) >= 11 is 2.41. The summed E-state index contributed by atoms with van der Waals surface area (Å²) in [4.78, 5) is 24.7. The number of carbonyl (C=O) groups excluding carboxylic acids is 2. The van der Waals surface area contributed by atoms with E-state index in [0.29, 0.717) is 24.3 Å². The quantitative estimate of drug-likeness (QED) is 0.107. The van der Waals surface area contributed by atoms with Crippen molar-refractivity contribution < 1.29 is 41.4 Å². The number of benzene rings is 1. The number of hydrogen-bond donors (Lipinski definition) is 0. The van der Waals surface area contributed by atoms with Gasteiger partial charge in [0, 0.05) is 15.0 Å². The summed E-state index contributed by atoms with van der Waals surface area (Å²) < 4.78 is 10.7. The van der Waals surface area contributed by atoms with Gasteiger partial charge in [-0.3, -0.25) is 0 Å². The van der Waals surface area contributed by atoms with Crippen LogP contribution in [0.2, 0.25) is 0 Å². The molecule has 1 rings (SSSR count). The van der Waals surface area contributed by atoms with E-state index < -0.39 is 11.9 Å². The molecule has 0 heterocycles. The van der Waals surface area contributed by atoms with Crippen molar-refractivity contribution >= 4 is 37.1 Å². The van der Waals surface area contributed by atoms with E-state index in [-0.39, 0.29) is 22.4 Å². The van der Waals surface area contributed by atoms with E-state index in [2.05, 4.69) is 39.0 Å². The fourth-order valence-corrected chi connectivity index (χ4v) is 3.09. The number of unbranched alkanes of at least 4 members (excludes halogenated alkanes) is 10. The van der Waals surface area contributed by atoms with Crippen LogP contribution in [0.1, 0.15) is 112 Å². The Morgan fingerprint density at radius 3 is 1.35 bits per heavy atom. The third-order valence-electron chi connectivity index (χ3n) is 4.83. The summed E-state index contributed by atoms with van der Waals surface area (Å²) in [6, 6.07) is 6.74. The Bertz CT molecular complexity index is 523. The van der Waals surface area contributed by atoms with Gasteiger partial charge in [-0.2, -0.15) is 0 Å². The van der Waals surface area contributed by atoms with E-state index in [1.54, 1.807) is 24.3 Å². The molecule has 0 amide bonds. The van der Waals surface area contributed by atoms with Gasteiger partial charge in [-0.25, -0.2) is 9.59 Å². The molecule has 1 aromatic carbocycles. The minimum Gasteiger partial charge on any atom is -0.462 e. The topological polar surface area (TPSA) is 52.6 Å². The zero-order valence-corrected chi connectivity index (χ0v) is 22.7. The largest absolute Gasteiger partial charge is 1.00 e. The van der Waals surface area contributed by atoms with Crippen molar-refractivity contribution in [3.63, 3.8) is 0 Å². The average Bonchev–Trinajstić information content (AvgIpc) is 2.79. The fraction of sp³-hybridized carbons (Fsp3) is 0.667. The zero-order valence-electron chi connectivity index (χ0n) is 18.9. The summed E-state index contributed by atoms with van der Waals surface area (Å²) in [5.74, 6) is -0.888. The second-order valence-electron chi connectivity index (χ2n) is 7.35. The van der Waals surface area contributed by atoms with Gasteiger partial charge in [-0.1, -0.05) is 90.2 Å². The number of carbonyl (C=O) groups is 2. The van der Waals surface area contributed by atoms with E-state index in [0.717, 1.165) is 25.7 Å². The molecule has 0 saturated carbocycles. The minimum atomic E-state index is -0.444. The predicted octanol–water partition coefficient (Wildman–Crippen LogP) is 8.25. The molecule has 0 spiro atoms. The van der Waals surface area contributed by atoms with Crippen LogP contribution in [0.15, 0.2) is 24.3 Å². The van der Waals surface area contributed by atoms with Gasteiger partial charge in [0.05, 0.1) is 24.3 Å². The van der Waals surface area contributed by atoms with Crippen molar-refractivity contribution in [3.8, 4) is 0 Å². The Morgan fingerprint density at radius 2 is 1.00 bits per heavy atom. The molecule has 182 valence electrons. The molecule has 0 aliphatic rings. The second-order valence-corrected chi connectivity index (χ2v) is 7.35. The van der Waals surface area contributed by atoms with Crippen molar-refractivity contribution in [1.29, 1.82) is 0 Å². The molecular formula is C24H38AgBrClO4+. The van der Waals surface area contributed by atoms with Gasteiger partial charge in [-0.05, 0) is 35.1 Å². The first-order chi connectivity index (χ1) is 14.7. The summed E-state index contributed by atoms with van der Waals surface area (Å²) in [5.41, 5.74) is 0.586. The van der Waals surface area contributed by atoms with Crippen LogP contribution in [0.3, 0.4) is 0 Å².